The summed E-state index contributed by atoms with van der Waals surface area (Å²) in [4.78, 5) is 22.6. The minimum Gasteiger partial charge on any atom is -0.481 e. The maximum absolute atomic E-state index is 11.8. The van der Waals surface area contributed by atoms with Crippen molar-refractivity contribution in [2.45, 2.75) is 39.2 Å². The first-order chi connectivity index (χ1) is 7.97. The average Bonchev–Trinajstić information content (AvgIpc) is 2.73. The van der Waals surface area contributed by atoms with Crippen LogP contribution in [0.15, 0.2) is 0 Å². The van der Waals surface area contributed by atoms with Crippen LogP contribution in [0.2, 0.25) is 0 Å². The molecule has 1 amide bonds. The van der Waals surface area contributed by atoms with Crippen molar-refractivity contribution in [2.75, 3.05) is 0 Å². The SMILES string of the molecule is CC(C(=O)O)C(C)C(=O)NC1CCCC1C#N. The van der Waals surface area contributed by atoms with Crippen molar-refractivity contribution in [3.05, 3.63) is 0 Å². The highest BCUT2D eigenvalue weighted by molar-refractivity contribution is 5.84. The Bertz CT molecular complexity index is 348. The molecule has 0 radical (unpaired) electrons. The number of nitrogens with zero attached hydrogens (tertiary/aromatic N) is 1. The third kappa shape index (κ3) is 3.19. The van der Waals surface area contributed by atoms with Gasteiger partial charge < -0.3 is 10.4 Å². The zero-order valence-electron chi connectivity index (χ0n) is 10.1. The maximum atomic E-state index is 11.8. The number of carbonyl (C=O) groups excluding carboxylic acids is 1. The van der Waals surface area contributed by atoms with E-state index >= 15 is 0 Å². The second kappa shape index (κ2) is 5.67. The van der Waals surface area contributed by atoms with Crippen LogP contribution in [0.1, 0.15) is 33.1 Å². The molecule has 0 bridgehead atoms. The molecule has 5 nitrogen and oxygen atoms in total. The van der Waals surface area contributed by atoms with Gasteiger partial charge >= 0.3 is 5.97 Å². The van der Waals surface area contributed by atoms with Gasteiger partial charge in [0.25, 0.3) is 0 Å². The van der Waals surface area contributed by atoms with E-state index in [1.807, 2.05) is 0 Å². The van der Waals surface area contributed by atoms with Gasteiger partial charge in [0.2, 0.25) is 5.91 Å². The molecule has 1 saturated carbocycles. The lowest BCUT2D eigenvalue weighted by Crippen LogP contribution is -2.42. The quantitative estimate of drug-likeness (QED) is 0.768. The van der Waals surface area contributed by atoms with Crippen LogP contribution in [0.5, 0.6) is 0 Å². The monoisotopic (exact) mass is 238 g/mol. The lowest BCUT2D eigenvalue weighted by atomic mass is 9.94. The molecule has 0 aromatic heterocycles. The highest BCUT2D eigenvalue weighted by atomic mass is 16.4. The molecule has 0 heterocycles. The van der Waals surface area contributed by atoms with Crippen molar-refractivity contribution < 1.29 is 14.7 Å². The molecule has 0 aromatic carbocycles. The van der Waals surface area contributed by atoms with Gasteiger partial charge in [0.05, 0.1) is 17.9 Å². The number of hydrogen-bond donors (Lipinski definition) is 2. The van der Waals surface area contributed by atoms with Crippen molar-refractivity contribution in [1.82, 2.24) is 5.32 Å². The summed E-state index contributed by atoms with van der Waals surface area (Å²) < 4.78 is 0. The molecule has 4 atom stereocenters. The molecule has 0 saturated heterocycles. The van der Waals surface area contributed by atoms with Gasteiger partial charge in [0.1, 0.15) is 0 Å². The van der Waals surface area contributed by atoms with Gasteiger partial charge in [-0.25, -0.2) is 0 Å². The molecule has 0 aromatic rings. The first-order valence-electron chi connectivity index (χ1n) is 5.90. The summed E-state index contributed by atoms with van der Waals surface area (Å²) in [7, 11) is 0. The van der Waals surface area contributed by atoms with Crippen molar-refractivity contribution in [2.24, 2.45) is 17.8 Å². The van der Waals surface area contributed by atoms with E-state index in [0.29, 0.717) is 0 Å². The molecule has 1 rings (SSSR count). The van der Waals surface area contributed by atoms with E-state index in [-0.39, 0.29) is 17.9 Å². The van der Waals surface area contributed by atoms with Crippen LogP contribution in [0.25, 0.3) is 0 Å². The Morgan fingerprint density at radius 3 is 2.53 bits per heavy atom. The molecule has 1 aliphatic rings. The van der Waals surface area contributed by atoms with Crippen LogP contribution >= 0.6 is 0 Å². The van der Waals surface area contributed by atoms with Crippen LogP contribution in [0.4, 0.5) is 0 Å². The number of amides is 1. The highest BCUT2D eigenvalue weighted by Crippen LogP contribution is 2.25. The van der Waals surface area contributed by atoms with Crippen molar-refractivity contribution in [3.8, 4) is 6.07 Å². The Hall–Kier alpha value is -1.57. The van der Waals surface area contributed by atoms with E-state index in [2.05, 4.69) is 11.4 Å². The Morgan fingerprint density at radius 2 is 2.00 bits per heavy atom. The van der Waals surface area contributed by atoms with Gasteiger partial charge in [-0.1, -0.05) is 13.8 Å². The minimum atomic E-state index is -0.976. The molecule has 5 heteroatoms. The predicted octanol–water partition coefficient (Wildman–Crippen LogP) is 1.15. The van der Waals surface area contributed by atoms with Crippen molar-refractivity contribution in [3.63, 3.8) is 0 Å². The summed E-state index contributed by atoms with van der Waals surface area (Å²) in [5, 5.41) is 20.5. The van der Waals surface area contributed by atoms with E-state index in [1.54, 1.807) is 6.92 Å². The Morgan fingerprint density at radius 1 is 1.35 bits per heavy atom. The van der Waals surface area contributed by atoms with E-state index in [4.69, 9.17) is 10.4 Å². The van der Waals surface area contributed by atoms with E-state index in [1.165, 1.54) is 6.92 Å². The van der Waals surface area contributed by atoms with Gasteiger partial charge in [-0.15, -0.1) is 0 Å². The smallest absolute Gasteiger partial charge is 0.307 e. The lowest BCUT2D eigenvalue weighted by molar-refractivity contribution is -0.146. The Kier molecular flexibility index (Phi) is 4.50. The zero-order chi connectivity index (χ0) is 13.0. The maximum Gasteiger partial charge on any atom is 0.307 e. The molecule has 1 fully saturated rings. The summed E-state index contributed by atoms with van der Waals surface area (Å²) in [6.07, 6.45) is 2.55. The summed E-state index contributed by atoms with van der Waals surface area (Å²) in [6, 6.07) is 2.06. The molecule has 1 aliphatic carbocycles. The normalized spacial score (nSPS) is 26.9. The molecule has 0 spiro atoms. The van der Waals surface area contributed by atoms with Crippen LogP contribution in [0, 0.1) is 29.1 Å². The summed E-state index contributed by atoms with van der Waals surface area (Å²) in [5.41, 5.74) is 0. The second-order valence-corrected chi connectivity index (χ2v) is 4.70. The fourth-order valence-electron chi connectivity index (χ4n) is 2.04. The van der Waals surface area contributed by atoms with Crippen LogP contribution in [-0.4, -0.2) is 23.0 Å². The second-order valence-electron chi connectivity index (χ2n) is 4.70. The van der Waals surface area contributed by atoms with E-state index in [9.17, 15) is 9.59 Å². The third-order valence-corrected chi connectivity index (χ3v) is 3.56. The number of carbonyl (C=O) groups is 2. The first kappa shape index (κ1) is 13.5. The number of nitriles is 1. The zero-order valence-corrected chi connectivity index (χ0v) is 10.1. The number of hydrogen-bond acceptors (Lipinski definition) is 3. The largest absolute Gasteiger partial charge is 0.481 e. The average molecular weight is 238 g/mol. The number of carboxylic acids is 1. The molecule has 0 aliphatic heterocycles. The molecular weight excluding hydrogens is 220 g/mol. The predicted molar refractivity (Wildman–Crippen MR) is 60.8 cm³/mol. The van der Waals surface area contributed by atoms with Crippen molar-refractivity contribution >= 4 is 11.9 Å². The van der Waals surface area contributed by atoms with Gasteiger partial charge in [-0.2, -0.15) is 5.26 Å². The first-order valence-corrected chi connectivity index (χ1v) is 5.90. The summed E-state index contributed by atoms with van der Waals surface area (Å²) in [5.74, 6) is -2.67. The number of rotatable bonds is 4. The number of aliphatic carboxylic acids is 1. The van der Waals surface area contributed by atoms with Gasteiger partial charge in [0, 0.05) is 12.0 Å². The van der Waals surface area contributed by atoms with E-state index in [0.717, 1.165) is 19.3 Å². The Balaban J connectivity index is 2.54. The fraction of sp³-hybridized carbons (Fsp3) is 0.750. The molecular formula is C12H18N2O3. The third-order valence-electron chi connectivity index (χ3n) is 3.56. The number of nitrogens with one attached hydrogen (secondary N) is 1. The topological polar surface area (TPSA) is 90.2 Å². The van der Waals surface area contributed by atoms with Gasteiger partial charge in [-0.3, -0.25) is 9.59 Å². The lowest BCUT2D eigenvalue weighted by Gasteiger charge is -2.20. The van der Waals surface area contributed by atoms with Crippen LogP contribution in [0.3, 0.4) is 0 Å². The Labute approximate surface area is 101 Å². The van der Waals surface area contributed by atoms with E-state index < -0.39 is 17.8 Å². The van der Waals surface area contributed by atoms with Crippen molar-refractivity contribution in [1.29, 1.82) is 5.26 Å². The van der Waals surface area contributed by atoms with Crippen LogP contribution in [-0.2, 0) is 9.59 Å². The highest BCUT2D eigenvalue weighted by Gasteiger charge is 2.32. The number of carboxylic acid groups (broad SMARTS) is 1. The molecule has 94 valence electrons. The summed E-state index contributed by atoms with van der Waals surface area (Å²) in [6.45, 7) is 3.12. The molecule has 2 N–H and O–H groups in total. The van der Waals surface area contributed by atoms with Gasteiger partial charge in [-0.05, 0) is 19.3 Å². The standard InChI is InChI=1S/C12H18N2O3/c1-7(8(2)12(16)17)11(15)14-10-5-3-4-9(10)6-13/h7-10H,3-5H2,1-2H3,(H,14,15)(H,16,17). The molecule has 17 heavy (non-hydrogen) atoms. The molecule has 4 unspecified atom stereocenters. The van der Waals surface area contributed by atoms with Crippen LogP contribution < -0.4 is 5.32 Å². The van der Waals surface area contributed by atoms with Gasteiger partial charge in [0.15, 0.2) is 0 Å². The fourth-order valence-corrected chi connectivity index (χ4v) is 2.04. The summed E-state index contributed by atoms with van der Waals surface area (Å²) >= 11 is 0. The minimum absolute atomic E-state index is 0.115.